The first-order valence-electron chi connectivity index (χ1n) is 8.45. The summed E-state index contributed by atoms with van der Waals surface area (Å²) < 4.78 is 28.9. The lowest BCUT2D eigenvalue weighted by molar-refractivity contribution is -0.130. The molecule has 8 heteroatoms. The van der Waals surface area contributed by atoms with E-state index in [1.165, 1.54) is 32.4 Å². The molecular formula is C19H23FN2O5. The number of carbonyl (C=O) groups is 1. The van der Waals surface area contributed by atoms with Crippen LogP contribution in [0.2, 0.25) is 0 Å². The lowest BCUT2D eigenvalue weighted by atomic mass is 10.2. The summed E-state index contributed by atoms with van der Waals surface area (Å²) in [4.78, 5) is 16.7. The van der Waals surface area contributed by atoms with Gasteiger partial charge in [0.2, 0.25) is 6.29 Å². The van der Waals surface area contributed by atoms with Crippen LogP contribution in [0.1, 0.15) is 41.4 Å². The first-order valence-corrected chi connectivity index (χ1v) is 8.45. The Morgan fingerprint density at radius 2 is 2.00 bits per heavy atom. The number of ether oxygens (including phenoxy) is 3. The first-order chi connectivity index (χ1) is 13.0. The molecule has 27 heavy (non-hydrogen) atoms. The zero-order valence-electron chi connectivity index (χ0n) is 15.5. The van der Waals surface area contributed by atoms with Crippen LogP contribution < -0.4 is 10.1 Å². The summed E-state index contributed by atoms with van der Waals surface area (Å²) in [6, 6.07) is 7.17. The van der Waals surface area contributed by atoms with Crippen LogP contribution in [-0.4, -0.2) is 36.8 Å². The molecular weight excluding hydrogens is 355 g/mol. The van der Waals surface area contributed by atoms with Gasteiger partial charge in [0, 0.05) is 26.3 Å². The third kappa shape index (κ3) is 5.38. The number of hydrogen-bond donors (Lipinski definition) is 2. The van der Waals surface area contributed by atoms with Gasteiger partial charge in [-0.1, -0.05) is 19.1 Å². The van der Waals surface area contributed by atoms with Gasteiger partial charge in [-0.25, -0.2) is 9.37 Å². The monoisotopic (exact) mass is 378 g/mol. The smallest absolute Gasteiger partial charge is 0.274 e. The quantitative estimate of drug-likeness (QED) is 0.652. The molecule has 0 bridgehead atoms. The van der Waals surface area contributed by atoms with Crippen molar-refractivity contribution in [2.24, 2.45) is 0 Å². The van der Waals surface area contributed by atoms with Crippen LogP contribution in [0.15, 0.2) is 30.3 Å². The molecule has 0 aliphatic heterocycles. The Labute approximate surface area is 157 Å². The average molecular weight is 378 g/mol. The van der Waals surface area contributed by atoms with Crippen LogP contribution in [0.5, 0.6) is 11.5 Å². The Kier molecular flexibility index (Phi) is 7.51. The van der Waals surface area contributed by atoms with E-state index < -0.39 is 12.2 Å². The third-order valence-corrected chi connectivity index (χ3v) is 3.71. The summed E-state index contributed by atoms with van der Waals surface area (Å²) in [6.07, 6.45) is -0.0248. The molecule has 2 N–H and O–H groups in total. The molecule has 1 atom stereocenters. The van der Waals surface area contributed by atoms with Gasteiger partial charge in [0.25, 0.3) is 5.91 Å². The summed E-state index contributed by atoms with van der Waals surface area (Å²) in [5.74, 6) is -1.28. The molecule has 0 spiro atoms. The van der Waals surface area contributed by atoms with Crippen LogP contribution >= 0.6 is 0 Å². The minimum atomic E-state index is -0.803. The highest BCUT2D eigenvalue weighted by atomic mass is 19.1. The second kappa shape index (κ2) is 9.84. The van der Waals surface area contributed by atoms with Gasteiger partial charge in [0.15, 0.2) is 17.2 Å². The summed E-state index contributed by atoms with van der Waals surface area (Å²) in [5, 5.41) is 12.9. The van der Waals surface area contributed by atoms with Gasteiger partial charge in [-0.05, 0) is 24.1 Å². The Morgan fingerprint density at radius 3 is 2.59 bits per heavy atom. The topological polar surface area (TPSA) is 89.9 Å². The number of aromatic nitrogens is 1. The van der Waals surface area contributed by atoms with Crippen molar-refractivity contribution in [1.29, 1.82) is 0 Å². The highest BCUT2D eigenvalue weighted by Gasteiger charge is 2.23. The summed E-state index contributed by atoms with van der Waals surface area (Å²) in [6.45, 7) is 2.54. The molecule has 1 heterocycles. The van der Waals surface area contributed by atoms with E-state index >= 15 is 0 Å². The lowest BCUT2D eigenvalue weighted by Crippen LogP contribution is -2.25. The number of benzene rings is 1. The lowest BCUT2D eigenvalue weighted by Gasteiger charge is -2.18. The molecule has 0 fully saturated rings. The van der Waals surface area contributed by atoms with Crippen LogP contribution in [0, 0.1) is 5.82 Å². The highest BCUT2D eigenvalue weighted by Crippen LogP contribution is 2.32. The fourth-order valence-electron chi connectivity index (χ4n) is 2.34. The molecule has 1 aromatic heterocycles. The number of amides is 1. The molecule has 0 aliphatic carbocycles. The number of nitrogens with zero attached hydrogens (tertiary/aromatic N) is 1. The largest absolute Gasteiger partial charge is 0.503 e. The number of pyridine rings is 1. The number of carbonyl (C=O) groups excluding carboxylic acids is 1. The SMILES string of the molecule is CCCOC(OC)c1cc(OC)c(O)c(C(=O)NCc2ccc(F)cc2)n1. The molecule has 0 saturated heterocycles. The fourth-order valence-corrected chi connectivity index (χ4v) is 2.34. The zero-order valence-corrected chi connectivity index (χ0v) is 15.5. The second-order valence-electron chi connectivity index (χ2n) is 5.69. The first kappa shape index (κ1) is 20.6. The van der Waals surface area contributed by atoms with E-state index in [-0.39, 0.29) is 29.6 Å². The van der Waals surface area contributed by atoms with Gasteiger partial charge in [0.05, 0.1) is 7.11 Å². The van der Waals surface area contributed by atoms with Crippen LogP contribution in [0.3, 0.4) is 0 Å². The summed E-state index contributed by atoms with van der Waals surface area (Å²) >= 11 is 0. The molecule has 2 aromatic rings. The minimum Gasteiger partial charge on any atom is -0.503 e. The van der Waals surface area contributed by atoms with Crippen molar-refractivity contribution in [2.45, 2.75) is 26.2 Å². The number of rotatable bonds is 9. The number of methoxy groups -OCH3 is 2. The van der Waals surface area contributed by atoms with Gasteiger partial charge in [-0.2, -0.15) is 0 Å². The Hall–Kier alpha value is -2.71. The van der Waals surface area contributed by atoms with Crippen molar-refractivity contribution in [2.75, 3.05) is 20.8 Å². The number of nitrogens with one attached hydrogen (secondary N) is 1. The molecule has 1 amide bonds. The normalized spacial score (nSPS) is 11.9. The Morgan fingerprint density at radius 1 is 1.30 bits per heavy atom. The highest BCUT2D eigenvalue weighted by molar-refractivity contribution is 5.95. The van der Waals surface area contributed by atoms with Crippen molar-refractivity contribution >= 4 is 5.91 Å². The molecule has 1 unspecified atom stereocenters. The van der Waals surface area contributed by atoms with Crippen LogP contribution in [0.4, 0.5) is 4.39 Å². The van der Waals surface area contributed by atoms with Crippen molar-refractivity contribution in [3.05, 3.63) is 53.1 Å². The van der Waals surface area contributed by atoms with Gasteiger partial charge >= 0.3 is 0 Å². The second-order valence-corrected chi connectivity index (χ2v) is 5.69. The van der Waals surface area contributed by atoms with Gasteiger partial charge in [-0.15, -0.1) is 0 Å². The molecule has 0 aliphatic rings. The van der Waals surface area contributed by atoms with Crippen LogP contribution in [0.25, 0.3) is 0 Å². The predicted octanol–water partition coefficient (Wildman–Crippen LogP) is 2.94. The van der Waals surface area contributed by atoms with E-state index in [9.17, 15) is 14.3 Å². The van der Waals surface area contributed by atoms with Crippen molar-refractivity contribution in [3.63, 3.8) is 0 Å². The van der Waals surface area contributed by atoms with E-state index in [0.29, 0.717) is 17.9 Å². The van der Waals surface area contributed by atoms with Gasteiger partial charge in [0.1, 0.15) is 11.5 Å². The molecule has 2 rings (SSSR count). The summed E-state index contributed by atoms with van der Waals surface area (Å²) in [7, 11) is 2.82. The van der Waals surface area contributed by atoms with E-state index in [4.69, 9.17) is 14.2 Å². The number of halogens is 1. The molecule has 1 aromatic carbocycles. The predicted molar refractivity (Wildman–Crippen MR) is 96.0 cm³/mol. The minimum absolute atomic E-state index is 0.0779. The maximum atomic E-state index is 13.0. The van der Waals surface area contributed by atoms with Crippen LogP contribution in [-0.2, 0) is 16.0 Å². The number of aromatic hydroxyl groups is 1. The van der Waals surface area contributed by atoms with E-state index in [1.807, 2.05) is 6.92 Å². The molecule has 0 saturated carbocycles. The van der Waals surface area contributed by atoms with E-state index in [0.717, 1.165) is 6.42 Å². The molecule has 7 nitrogen and oxygen atoms in total. The van der Waals surface area contributed by atoms with Crippen molar-refractivity contribution in [1.82, 2.24) is 10.3 Å². The molecule has 146 valence electrons. The van der Waals surface area contributed by atoms with Gasteiger partial charge < -0.3 is 24.6 Å². The fraction of sp³-hybridized carbons (Fsp3) is 0.368. The Balaban J connectivity index is 2.23. The third-order valence-electron chi connectivity index (χ3n) is 3.71. The van der Waals surface area contributed by atoms with Gasteiger partial charge in [-0.3, -0.25) is 4.79 Å². The molecule has 0 radical (unpaired) electrons. The van der Waals surface area contributed by atoms with E-state index in [1.54, 1.807) is 12.1 Å². The zero-order chi connectivity index (χ0) is 19.8. The maximum Gasteiger partial charge on any atom is 0.274 e. The van der Waals surface area contributed by atoms with Crippen molar-refractivity contribution in [3.8, 4) is 11.5 Å². The Bertz CT molecular complexity index is 767. The standard InChI is InChI=1S/C19H23FN2O5/c1-4-9-27-19(26-3)14-10-15(25-2)17(23)16(22-14)18(24)21-11-12-5-7-13(20)8-6-12/h5-8,10,19,23H,4,9,11H2,1-3H3,(H,21,24). The summed E-state index contributed by atoms with van der Waals surface area (Å²) in [5.41, 5.74) is 0.787. The number of hydrogen-bond acceptors (Lipinski definition) is 6. The average Bonchev–Trinajstić information content (AvgIpc) is 2.68. The maximum absolute atomic E-state index is 13.0. The van der Waals surface area contributed by atoms with Crippen molar-refractivity contribution < 1.29 is 28.5 Å². The van der Waals surface area contributed by atoms with E-state index in [2.05, 4.69) is 10.3 Å².